The Morgan fingerprint density at radius 1 is 0.474 bits per heavy atom. The maximum Gasteiger partial charge on any atom is 0.121 e. The van der Waals surface area contributed by atoms with E-state index in [2.05, 4.69) is 24.5 Å². The molecule has 0 spiro atoms. The highest BCUT2D eigenvalue weighted by Gasteiger charge is 2.13. The molecule has 1 rings (SSSR count). The summed E-state index contributed by atoms with van der Waals surface area (Å²) in [5.41, 5.74) is 0.977. The van der Waals surface area contributed by atoms with Crippen molar-refractivity contribution in [2.45, 2.75) is 174 Å². The zero-order valence-electron chi connectivity index (χ0n) is 25.7. The molecule has 0 radical (unpaired) electrons. The van der Waals surface area contributed by atoms with E-state index >= 15 is 0 Å². The van der Waals surface area contributed by atoms with E-state index in [1.165, 1.54) is 154 Å². The summed E-state index contributed by atoms with van der Waals surface area (Å²) >= 11 is 0. The van der Waals surface area contributed by atoms with Crippen LogP contribution in [0, 0.1) is 0 Å². The average Bonchev–Trinajstić information content (AvgIpc) is 2.93. The van der Waals surface area contributed by atoms with Gasteiger partial charge in [0.15, 0.2) is 0 Å². The highest BCUT2D eigenvalue weighted by molar-refractivity contribution is 5.34. The fourth-order valence-electron chi connectivity index (χ4n) is 5.45. The molecule has 222 valence electrons. The van der Waals surface area contributed by atoms with Gasteiger partial charge in [0.1, 0.15) is 5.75 Å². The van der Waals surface area contributed by atoms with Gasteiger partial charge >= 0.3 is 0 Å². The van der Waals surface area contributed by atoms with Gasteiger partial charge in [0.25, 0.3) is 0 Å². The number of rotatable bonds is 29. The van der Waals surface area contributed by atoms with Crippen LogP contribution in [0.2, 0.25) is 0 Å². The summed E-state index contributed by atoms with van der Waals surface area (Å²) in [4.78, 5) is 0. The lowest BCUT2D eigenvalue weighted by atomic mass is 10.0. The van der Waals surface area contributed by atoms with Crippen LogP contribution in [0.1, 0.15) is 180 Å². The van der Waals surface area contributed by atoms with Crippen molar-refractivity contribution in [3.05, 3.63) is 29.8 Å². The van der Waals surface area contributed by atoms with Crippen LogP contribution in [0.3, 0.4) is 0 Å². The van der Waals surface area contributed by atoms with Crippen LogP contribution in [0.15, 0.2) is 24.3 Å². The Bertz CT molecular complexity index is 575. The predicted molar refractivity (Wildman–Crippen MR) is 169 cm³/mol. The average molecular weight is 531 g/mol. The molecule has 0 saturated carbocycles. The van der Waals surface area contributed by atoms with Crippen molar-refractivity contribution in [3.63, 3.8) is 0 Å². The predicted octanol–water partition coefficient (Wildman–Crippen LogP) is 11.0. The van der Waals surface area contributed by atoms with Gasteiger partial charge in [-0.05, 0) is 32.0 Å². The number of phenols is 1. The first-order chi connectivity index (χ1) is 18.8. The van der Waals surface area contributed by atoms with Gasteiger partial charge in [-0.3, -0.25) is 10.6 Å². The van der Waals surface area contributed by atoms with Crippen molar-refractivity contribution < 1.29 is 5.11 Å². The van der Waals surface area contributed by atoms with Crippen molar-refractivity contribution in [2.75, 3.05) is 13.1 Å². The zero-order chi connectivity index (χ0) is 27.4. The highest BCUT2D eigenvalue weighted by Crippen LogP contribution is 2.22. The molecule has 1 aromatic carbocycles. The van der Waals surface area contributed by atoms with Crippen LogP contribution in [0.4, 0.5) is 0 Å². The summed E-state index contributed by atoms with van der Waals surface area (Å²) in [6.45, 7) is 6.58. The maximum atomic E-state index is 10.4. The smallest absolute Gasteiger partial charge is 0.121 e. The van der Waals surface area contributed by atoms with E-state index in [-0.39, 0.29) is 6.17 Å². The molecule has 38 heavy (non-hydrogen) atoms. The Balaban J connectivity index is 2.09. The molecule has 0 aliphatic rings. The van der Waals surface area contributed by atoms with E-state index in [0.29, 0.717) is 5.75 Å². The van der Waals surface area contributed by atoms with Crippen LogP contribution >= 0.6 is 0 Å². The summed E-state index contributed by atoms with van der Waals surface area (Å²) in [6, 6.07) is 7.79. The van der Waals surface area contributed by atoms with Gasteiger partial charge in [0, 0.05) is 5.56 Å². The molecule has 3 heteroatoms. The van der Waals surface area contributed by atoms with E-state index < -0.39 is 0 Å². The monoisotopic (exact) mass is 531 g/mol. The quantitative estimate of drug-likeness (QED) is 0.0712. The second kappa shape index (κ2) is 27.5. The number of hydrogen-bond acceptors (Lipinski definition) is 3. The third-order valence-corrected chi connectivity index (χ3v) is 8.01. The van der Waals surface area contributed by atoms with Crippen molar-refractivity contribution in [2.24, 2.45) is 0 Å². The molecular formula is C35H66N2O. The molecule has 0 saturated heterocycles. The molecule has 0 atom stereocenters. The lowest BCUT2D eigenvalue weighted by molar-refractivity contribution is 0.396. The minimum atomic E-state index is 0.0385. The molecule has 1 aromatic rings. The zero-order valence-corrected chi connectivity index (χ0v) is 25.7. The van der Waals surface area contributed by atoms with Crippen LogP contribution in [-0.4, -0.2) is 18.2 Å². The molecule has 0 heterocycles. The number of benzene rings is 1. The standard InChI is InChI=1S/C35H66N2O/c1-3-5-7-9-11-13-15-17-19-21-23-27-31-36-35(33-29-25-26-30-34(33)38)37-32-28-24-22-20-18-16-14-12-10-8-6-4-2/h25-26,29-30,35-38H,3-24,27-28,31-32H2,1-2H3. The minimum Gasteiger partial charge on any atom is -0.508 e. The SMILES string of the molecule is CCCCCCCCCCCCCCNC(NCCCCCCCCCCCCCC)c1ccccc1O. The number of aromatic hydroxyl groups is 1. The van der Waals surface area contributed by atoms with Crippen LogP contribution in [-0.2, 0) is 0 Å². The first kappa shape index (κ1) is 35.0. The number of hydrogen-bond donors (Lipinski definition) is 3. The van der Waals surface area contributed by atoms with E-state index in [4.69, 9.17) is 0 Å². The van der Waals surface area contributed by atoms with E-state index in [1.807, 2.05) is 18.2 Å². The Kier molecular flexibility index (Phi) is 25.3. The Morgan fingerprint density at radius 2 is 0.789 bits per heavy atom. The van der Waals surface area contributed by atoms with Crippen molar-refractivity contribution in [3.8, 4) is 5.75 Å². The fraction of sp³-hybridized carbons (Fsp3) is 0.829. The molecule has 0 bridgehead atoms. The molecule has 3 N–H and O–H groups in total. The van der Waals surface area contributed by atoms with Gasteiger partial charge in [-0.1, -0.05) is 173 Å². The molecule has 0 unspecified atom stereocenters. The molecule has 0 amide bonds. The van der Waals surface area contributed by atoms with Crippen molar-refractivity contribution >= 4 is 0 Å². The number of nitrogens with one attached hydrogen (secondary N) is 2. The van der Waals surface area contributed by atoms with Crippen LogP contribution in [0.5, 0.6) is 5.75 Å². The minimum absolute atomic E-state index is 0.0385. The summed E-state index contributed by atoms with van der Waals surface area (Å²) < 4.78 is 0. The summed E-state index contributed by atoms with van der Waals surface area (Å²) in [5, 5.41) is 17.8. The molecular weight excluding hydrogens is 464 g/mol. The Hall–Kier alpha value is -1.06. The fourth-order valence-corrected chi connectivity index (χ4v) is 5.45. The first-order valence-corrected chi connectivity index (χ1v) is 17.0. The Morgan fingerprint density at radius 3 is 1.13 bits per heavy atom. The van der Waals surface area contributed by atoms with Gasteiger partial charge in [-0.25, -0.2) is 0 Å². The second-order valence-corrected chi connectivity index (χ2v) is 11.7. The lowest BCUT2D eigenvalue weighted by Gasteiger charge is -2.22. The topological polar surface area (TPSA) is 44.3 Å². The van der Waals surface area contributed by atoms with Gasteiger partial charge in [0.05, 0.1) is 6.17 Å². The largest absolute Gasteiger partial charge is 0.508 e. The van der Waals surface area contributed by atoms with Crippen molar-refractivity contribution in [1.29, 1.82) is 0 Å². The van der Waals surface area contributed by atoms with Crippen molar-refractivity contribution in [1.82, 2.24) is 10.6 Å². The molecule has 3 nitrogen and oxygen atoms in total. The van der Waals surface area contributed by atoms with E-state index in [9.17, 15) is 5.11 Å². The number of para-hydroxylation sites is 1. The van der Waals surface area contributed by atoms with Gasteiger partial charge in [-0.15, -0.1) is 0 Å². The molecule has 0 fully saturated rings. The highest BCUT2D eigenvalue weighted by atomic mass is 16.3. The normalized spacial score (nSPS) is 11.6. The summed E-state index contributed by atoms with van der Waals surface area (Å²) in [5.74, 6) is 0.391. The lowest BCUT2D eigenvalue weighted by Crippen LogP contribution is -2.35. The molecule has 0 aliphatic carbocycles. The number of unbranched alkanes of at least 4 members (excludes halogenated alkanes) is 22. The summed E-state index contributed by atoms with van der Waals surface area (Å²) in [7, 11) is 0. The number of phenolic OH excluding ortho intramolecular Hbond substituents is 1. The second-order valence-electron chi connectivity index (χ2n) is 11.7. The van der Waals surface area contributed by atoms with E-state index in [0.717, 1.165) is 18.7 Å². The third-order valence-electron chi connectivity index (χ3n) is 8.01. The van der Waals surface area contributed by atoms with E-state index in [1.54, 1.807) is 6.07 Å². The molecule has 0 aromatic heterocycles. The van der Waals surface area contributed by atoms with Gasteiger partial charge in [0.2, 0.25) is 0 Å². The first-order valence-electron chi connectivity index (χ1n) is 17.0. The van der Waals surface area contributed by atoms with Crippen LogP contribution in [0.25, 0.3) is 0 Å². The van der Waals surface area contributed by atoms with Gasteiger partial charge in [-0.2, -0.15) is 0 Å². The molecule has 0 aliphatic heterocycles. The summed E-state index contributed by atoms with van der Waals surface area (Å²) in [6.07, 6.45) is 33.2. The van der Waals surface area contributed by atoms with Crippen LogP contribution < -0.4 is 10.6 Å². The third kappa shape index (κ3) is 20.8. The van der Waals surface area contributed by atoms with Gasteiger partial charge < -0.3 is 5.11 Å². The Labute approximate surface area is 238 Å². The maximum absolute atomic E-state index is 10.4.